The van der Waals surface area contributed by atoms with Crippen LogP contribution in [-0.2, 0) is 20.8 Å². The van der Waals surface area contributed by atoms with Crippen molar-refractivity contribution in [2.45, 2.75) is 26.7 Å². The van der Waals surface area contributed by atoms with E-state index in [0.29, 0.717) is 23.5 Å². The van der Waals surface area contributed by atoms with Crippen LogP contribution in [0.5, 0.6) is 0 Å². The fourth-order valence-corrected chi connectivity index (χ4v) is 3.70. The topological polar surface area (TPSA) is 78.5 Å². The Morgan fingerprint density at radius 3 is 2.21 bits per heavy atom. The summed E-state index contributed by atoms with van der Waals surface area (Å²) >= 11 is 0. The molecule has 1 heterocycles. The van der Waals surface area contributed by atoms with E-state index in [1.165, 1.54) is 4.90 Å². The lowest BCUT2D eigenvalue weighted by molar-refractivity contribution is -0.126. The normalized spacial score (nSPS) is 13.0. The van der Waals surface area contributed by atoms with Crippen molar-refractivity contribution in [3.63, 3.8) is 0 Å². The number of fused-ring (bicyclic) bond motifs is 1. The van der Waals surface area contributed by atoms with Crippen LogP contribution < -0.4 is 15.5 Å². The van der Waals surface area contributed by atoms with Crippen molar-refractivity contribution in [1.29, 1.82) is 0 Å². The molecular weight excluding hydrogens is 414 g/mol. The Labute approximate surface area is 194 Å². The van der Waals surface area contributed by atoms with Gasteiger partial charge in [-0.15, -0.1) is 0 Å². The average Bonchev–Trinajstić information content (AvgIpc) is 2.85. The van der Waals surface area contributed by atoms with Crippen LogP contribution >= 0.6 is 0 Å². The van der Waals surface area contributed by atoms with Gasteiger partial charge in [-0.2, -0.15) is 0 Å². The Balaban J connectivity index is 0.00000149. The summed E-state index contributed by atoms with van der Waals surface area (Å²) in [6.07, 6.45) is 0.419. The van der Waals surface area contributed by atoms with E-state index in [4.69, 9.17) is 0 Å². The molecule has 33 heavy (non-hydrogen) atoms. The zero-order valence-electron chi connectivity index (χ0n) is 19.0. The van der Waals surface area contributed by atoms with Crippen LogP contribution in [-0.4, -0.2) is 24.3 Å². The van der Waals surface area contributed by atoms with Crippen molar-refractivity contribution in [2.75, 3.05) is 22.1 Å². The number of amides is 3. The van der Waals surface area contributed by atoms with E-state index in [9.17, 15) is 14.4 Å². The molecule has 4 rings (SSSR count). The smallest absolute Gasteiger partial charge is 0.244 e. The van der Waals surface area contributed by atoms with Crippen molar-refractivity contribution in [3.8, 4) is 0 Å². The van der Waals surface area contributed by atoms with Gasteiger partial charge in [0.2, 0.25) is 17.7 Å². The molecule has 0 radical (unpaired) electrons. The molecule has 0 saturated carbocycles. The van der Waals surface area contributed by atoms with Gasteiger partial charge in [0.25, 0.3) is 0 Å². The summed E-state index contributed by atoms with van der Waals surface area (Å²) in [5.74, 6) is -1.31. The number of nitrogens with zero attached hydrogens (tertiary/aromatic N) is 1. The number of benzene rings is 3. The lowest BCUT2D eigenvalue weighted by atomic mass is 9.94. The first-order valence-electron chi connectivity index (χ1n) is 11.2. The average molecular weight is 444 g/mol. The van der Waals surface area contributed by atoms with Crippen LogP contribution in [0.1, 0.15) is 25.8 Å². The fraction of sp³-hybridized carbons (Fsp3) is 0.222. The van der Waals surface area contributed by atoms with Gasteiger partial charge in [-0.05, 0) is 36.2 Å². The molecule has 0 fully saturated rings. The molecule has 6 nitrogen and oxygen atoms in total. The molecule has 3 amide bonds. The highest BCUT2D eigenvalue weighted by Crippen LogP contribution is 2.30. The minimum Gasteiger partial charge on any atom is -0.326 e. The van der Waals surface area contributed by atoms with Crippen molar-refractivity contribution in [3.05, 3.63) is 90.5 Å². The first kappa shape index (κ1) is 23.7. The molecule has 0 aromatic heterocycles. The Morgan fingerprint density at radius 1 is 0.909 bits per heavy atom. The number of carbonyl (C=O) groups is 3. The highest BCUT2D eigenvalue weighted by Gasteiger charge is 2.30. The number of rotatable bonds is 6. The number of para-hydroxylation sites is 3. The molecule has 6 heteroatoms. The number of nitrogens with one attached hydrogen (secondary N) is 2. The summed E-state index contributed by atoms with van der Waals surface area (Å²) in [6.45, 7) is 3.94. The van der Waals surface area contributed by atoms with Crippen molar-refractivity contribution >= 4 is 34.8 Å². The maximum absolute atomic E-state index is 13.2. The summed E-state index contributed by atoms with van der Waals surface area (Å²) in [6, 6.07) is 26.0. The molecule has 1 unspecified atom stereocenters. The molecule has 0 bridgehead atoms. The van der Waals surface area contributed by atoms with Gasteiger partial charge in [-0.3, -0.25) is 14.4 Å². The van der Waals surface area contributed by atoms with Crippen molar-refractivity contribution < 1.29 is 14.4 Å². The monoisotopic (exact) mass is 443 g/mol. The summed E-state index contributed by atoms with van der Waals surface area (Å²) in [4.78, 5) is 39.9. The third-order valence-corrected chi connectivity index (χ3v) is 5.23. The number of hydrogen-bond acceptors (Lipinski definition) is 3. The van der Waals surface area contributed by atoms with Gasteiger partial charge >= 0.3 is 0 Å². The molecule has 170 valence electrons. The Hall–Kier alpha value is -3.93. The molecule has 1 aliphatic heterocycles. The molecule has 0 saturated heterocycles. The first-order valence-corrected chi connectivity index (χ1v) is 11.2. The largest absolute Gasteiger partial charge is 0.326 e. The fourth-order valence-electron chi connectivity index (χ4n) is 3.70. The standard InChI is InChI=1S/C25H23N3O3.C2H6/c29-23-17-28(22-14-8-7-13-21(22)27-23)24(30)16-19(15-18-9-3-1-4-10-18)25(31)26-20-11-5-2-6-12-20;1-2/h1-14,19H,15-17H2,(H,26,31)(H,27,29);1-2H3. The Bertz CT molecular complexity index is 1080. The molecule has 3 aromatic carbocycles. The Kier molecular flexibility index (Phi) is 8.36. The van der Waals surface area contributed by atoms with E-state index >= 15 is 0 Å². The van der Waals surface area contributed by atoms with Gasteiger partial charge < -0.3 is 15.5 Å². The van der Waals surface area contributed by atoms with E-state index in [-0.39, 0.29) is 30.7 Å². The summed E-state index contributed by atoms with van der Waals surface area (Å²) in [5, 5.41) is 5.69. The SMILES string of the molecule is CC.O=C1CN(C(=O)CC(Cc2ccccc2)C(=O)Nc2ccccc2)c2ccccc2N1. The van der Waals surface area contributed by atoms with Gasteiger partial charge in [-0.25, -0.2) is 0 Å². The van der Waals surface area contributed by atoms with E-state index in [2.05, 4.69) is 10.6 Å². The second-order valence-electron chi connectivity index (χ2n) is 7.49. The van der Waals surface area contributed by atoms with Crippen LogP contribution in [0.15, 0.2) is 84.9 Å². The molecular formula is C27H29N3O3. The summed E-state index contributed by atoms with van der Waals surface area (Å²) in [5.41, 5.74) is 2.90. The molecule has 1 atom stereocenters. The van der Waals surface area contributed by atoms with Gasteiger partial charge in [0.1, 0.15) is 6.54 Å². The molecule has 0 aliphatic carbocycles. The zero-order valence-corrected chi connectivity index (χ0v) is 19.0. The van der Waals surface area contributed by atoms with Gasteiger partial charge in [0.15, 0.2) is 0 Å². The highest BCUT2D eigenvalue weighted by molar-refractivity contribution is 6.10. The lowest BCUT2D eigenvalue weighted by Crippen LogP contribution is -2.43. The minimum absolute atomic E-state index is 0.00479. The van der Waals surface area contributed by atoms with Crippen molar-refractivity contribution in [1.82, 2.24) is 0 Å². The van der Waals surface area contributed by atoms with E-state index < -0.39 is 5.92 Å². The molecule has 0 spiro atoms. The third kappa shape index (κ3) is 6.29. The lowest BCUT2D eigenvalue weighted by Gasteiger charge is -2.30. The quantitative estimate of drug-likeness (QED) is 0.570. The van der Waals surface area contributed by atoms with E-state index in [0.717, 1.165) is 5.56 Å². The van der Waals surface area contributed by atoms with Gasteiger partial charge in [0, 0.05) is 12.1 Å². The first-order chi connectivity index (χ1) is 16.1. The maximum atomic E-state index is 13.2. The van der Waals surface area contributed by atoms with E-state index in [1.807, 2.05) is 80.6 Å². The zero-order chi connectivity index (χ0) is 23.6. The van der Waals surface area contributed by atoms with Gasteiger partial charge in [-0.1, -0.05) is 74.5 Å². The summed E-state index contributed by atoms with van der Waals surface area (Å²) < 4.78 is 0. The van der Waals surface area contributed by atoms with Crippen LogP contribution in [0.4, 0.5) is 17.1 Å². The Morgan fingerprint density at radius 2 is 1.52 bits per heavy atom. The predicted octanol–water partition coefficient (Wildman–Crippen LogP) is 4.89. The highest BCUT2D eigenvalue weighted by atomic mass is 16.2. The third-order valence-electron chi connectivity index (χ3n) is 5.23. The molecule has 1 aliphatic rings. The number of carbonyl (C=O) groups excluding carboxylic acids is 3. The van der Waals surface area contributed by atoms with E-state index in [1.54, 1.807) is 18.2 Å². The van der Waals surface area contributed by atoms with Crippen molar-refractivity contribution in [2.24, 2.45) is 5.92 Å². The maximum Gasteiger partial charge on any atom is 0.244 e. The van der Waals surface area contributed by atoms with Crippen LogP contribution in [0, 0.1) is 5.92 Å². The van der Waals surface area contributed by atoms with Crippen LogP contribution in [0.2, 0.25) is 0 Å². The number of anilines is 3. The second-order valence-corrected chi connectivity index (χ2v) is 7.49. The second kappa shape index (κ2) is 11.6. The minimum atomic E-state index is -0.577. The van der Waals surface area contributed by atoms with Crippen LogP contribution in [0.3, 0.4) is 0 Å². The number of hydrogen-bond donors (Lipinski definition) is 2. The molecule has 3 aromatic rings. The van der Waals surface area contributed by atoms with Crippen LogP contribution in [0.25, 0.3) is 0 Å². The van der Waals surface area contributed by atoms with Gasteiger partial charge in [0.05, 0.1) is 17.3 Å². The summed E-state index contributed by atoms with van der Waals surface area (Å²) in [7, 11) is 0. The molecule has 2 N–H and O–H groups in total. The predicted molar refractivity (Wildman–Crippen MR) is 132 cm³/mol.